The van der Waals surface area contributed by atoms with Crippen molar-refractivity contribution in [2.45, 2.75) is 81.8 Å². The topological polar surface area (TPSA) is 151 Å². The van der Waals surface area contributed by atoms with Gasteiger partial charge in [-0.15, -0.1) is 10.2 Å². The van der Waals surface area contributed by atoms with Gasteiger partial charge in [0.15, 0.2) is 5.82 Å². The summed E-state index contributed by atoms with van der Waals surface area (Å²) in [5, 5.41) is 18.8. The minimum absolute atomic E-state index is 0.162. The number of piperazine rings is 1. The van der Waals surface area contributed by atoms with E-state index in [1.165, 1.54) is 18.4 Å². The summed E-state index contributed by atoms with van der Waals surface area (Å²) in [4.78, 5) is 28.5. The van der Waals surface area contributed by atoms with Crippen LogP contribution >= 0.6 is 0 Å². The molecule has 0 radical (unpaired) electrons. The molecule has 2 aromatic heterocycles. The van der Waals surface area contributed by atoms with Crippen molar-refractivity contribution in [3.05, 3.63) is 48.3 Å². The monoisotopic (exact) mass is 597 g/mol. The highest BCUT2D eigenvalue weighted by Gasteiger charge is 2.42. The molecule has 4 fully saturated rings. The minimum atomic E-state index is -0.162. The van der Waals surface area contributed by atoms with E-state index < -0.39 is 0 Å². The highest BCUT2D eigenvalue weighted by Crippen LogP contribution is 2.39. The van der Waals surface area contributed by atoms with Crippen molar-refractivity contribution < 1.29 is 9.90 Å². The number of piperidine rings is 1. The second-order valence-electron chi connectivity index (χ2n) is 13.2. The number of benzene rings is 1. The molecular weight excluding hydrogens is 554 g/mol. The number of amides is 1. The number of carbonyl (C=O) groups is 1. The Kier molecular flexibility index (Phi) is 7.97. The van der Waals surface area contributed by atoms with Crippen molar-refractivity contribution in [3.8, 4) is 17.0 Å². The first-order valence-electron chi connectivity index (χ1n) is 16.2. The maximum Gasteiger partial charge on any atom is 0.225 e. The van der Waals surface area contributed by atoms with Crippen molar-refractivity contribution in [3.63, 3.8) is 0 Å². The van der Waals surface area contributed by atoms with Crippen molar-refractivity contribution in [2.75, 3.05) is 41.7 Å². The molecule has 44 heavy (non-hydrogen) atoms. The summed E-state index contributed by atoms with van der Waals surface area (Å²) in [7, 11) is 0. The third-order valence-electron chi connectivity index (χ3n) is 10.5. The number of anilines is 3. The summed E-state index contributed by atoms with van der Waals surface area (Å²) in [6.07, 6.45) is 13.7. The molecule has 11 nitrogen and oxygen atoms in total. The van der Waals surface area contributed by atoms with Crippen LogP contribution in [-0.4, -0.2) is 80.4 Å². The second kappa shape index (κ2) is 12.2. The number of hydrogen-bond donors (Lipinski definition) is 3. The molecule has 1 saturated carbocycles. The lowest BCUT2D eigenvalue weighted by Gasteiger charge is -2.42. The van der Waals surface area contributed by atoms with Crippen LogP contribution in [0.5, 0.6) is 5.75 Å². The van der Waals surface area contributed by atoms with Gasteiger partial charge in [-0.2, -0.15) is 0 Å². The van der Waals surface area contributed by atoms with E-state index in [0.29, 0.717) is 53.5 Å². The van der Waals surface area contributed by atoms with Crippen molar-refractivity contribution >= 4 is 23.4 Å². The molecule has 3 saturated heterocycles. The van der Waals surface area contributed by atoms with Crippen LogP contribution in [0.3, 0.4) is 0 Å². The molecule has 1 aliphatic carbocycles. The molecule has 2 atom stereocenters. The zero-order valence-electron chi connectivity index (χ0n) is 25.3. The number of rotatable bonds is 7. The summed E-state index contributed by atoms with van der Waals surface area (Å²) in [6.45, 7) is 3.84. The Bertz CT molecular complexity index is 1450. The normalized spacial score (nSPS) is 26.2. The molecule has 3 aliphatic heterocycles. The predicted octanol–water partition coefficient (Wildman–Crippen LogP) is 3.69. The van der Waals surface area contributed by atoms with Crippen LogP contribution in [0.25, 0.3) is 11.3 Å². The van der Waals surface area contributed by atoms with Crippen molar-refractivity contribution in [1.82, 2.24) is 25.1 Å². The van der Waals surface area contributed by atoms with Gasteiger partial charge in [0.1, 0.15) is 5.75 Å². The number of aromatic hydroxyl groups is 1. The lowest BCUT2D eigenvalue weighted by atomic mass is 9.82. The number of carbonyl (C=O) groups excluding carboxylic acids is 1. The van der Waals surface area contributed by atoms with Crippen LogP contribution in [0, 0.1) is 5.92 Å². The number of hydrogen-bond acceptors (Lipinski definition) is 10. The van der Waals surface area contributed by atoms with E-state index in [0.717, 1.165) is 76.3 Å². The van der Waals surface area contributed by atoms with Gasteiger partial charge in [0, 0.05) is 55.6 Å². The Balaban J connectivity index is 0.965. The molecule has 3 aromatic rings. The molecule has 2 unspecified atom stereocenters. The fourth-order valence-corrected chi connectivity index (χ4v) is 8.16. The van der Waals surface area contributed by atoms with Gasteiger partial charge < -0.3 is 31.3 Å². The highest BCUT2D eigenvalue weighted by molar-refractivity contribution is 5.75. The fourth-order valence-electron chi connectivity index (χ4n) is 8.16. The number of likely N-dealkylation sites (tertiary alicyclic amines) is 1. The molecule has 7 rings (SSSR count). The van der Waals surface area contributed by atoms with Gasteiger partial charge in [-0.05, 0) is 100 Å². The quantitative estimate of drug-likeness (QED) is 0.368. The van der Waals surface area contributed by atoms with E-state index in [9.17, 15) is 9.90 Å². The Morgan fingerprint density at radius 3 is 2.20 bits per heavy atom. The molecule has 232 valence electrons. The molecule has 2 bridgehead atoms. The maximum atomic E-state index is 11.3. The average molecular weight is 598 g/mol. The molecule has 1 amide bonds. The first-order valence-corrected chi connectivity index (χ1v) is 16.2. The zero-order chi connectivity index (χ0) is 30.2. The largest absolute Gasteiger partial charge is 0.507 e. The van der Waals surface area contributed by atoms with E-state index in [1.54, 1.807) is 12.1 Å². The van der Waals surface area contributed by atoms with Gasteiger partial charge in [0.25, 0.3) is 0 Å². The fraction of sp³-hybridized carbons (Fsp3) is 0.545. The van der Waals surface area contributed by atoms with E-state index in [4.69, 9.17) is 21.4 Å². The molecular formula is C33H43N9O2. The number of phenolic OH excluding ortho intramolecular Hbond substituents is 1. The van der Waals surface area contributed by atoms with Gasteiger partial charge in [-0.25, -0.2) is 9.97 Å². The standard InChI is InChI=1S/C33H43N9O2/c34-31(44)15-21-5-7-24(8-6-21)40-13-11-22(12-14-40)23-17-36-33(37-18-23)42-25-9-10-26(42)20-41(19-25)29-16-28(38-39-32(29)35)27-3-1-2-4-30(27)43/h1-4,16-18,21-22,24-26,43H,5-15,19-20H2,(H2,34,44)(H2,35,39)/t21-,24-,25?,26?. The van der Waals surface area contributed by atoms with Crippen molar-refractivity contribution in [2.24, 2.45) is 11.7 Å². The molecule has 11 heteroatoms. The number of nitrogens with two attached hydrogens (primary N) is 2. The number of nitrogens with zero attached hydrogens (tertiary/aromatic N) is 7. The van der Waals surface area contributed by atoms with Crippen LogP contribution in [-0.2, 0) is 4.79 Å². The number of fused-ring (bicyclic) bond motifs is 2. The molecule has 5 heterocycles. The maximum absolute atomic E-state index is 11.3. The number of primary amides is 1. The molecule has 1 aromatic carbocycles. The first kappa shape index (κ1) is 28.8. The Morgan fingerprint density at radius 2 is 1.55 bits per heavy atom. The number of aromatic nitrogens is 4. The van der Waals surface area contributed by atoms with Crippen LogP contribution < -0.4 is 21.3 Å². The van der Waals surface area contributed by atoms with E-state index in [1.807, 2.05) is 18.2 Å². The lowest BCUT2D eigenvalue weighted by molar-refractivity contribution is -0.119. The number of para-hydroxylation sites is 1. The Morgan fingerprint density at radius 1 is 0.886 bits per heavy atom. The van der Waals surface area contributed by atoms with Gasteiger partial charge in [0.2, 0.25) is 11.9 Å². The summed E-state index contributed by atoms with van der Waals surface area (Å²) < 4.78 is 0. The zero-order valence-corrected chi connectivity index (χ0v) is 25.3. The average Bonchev–Trinajstić information content (AvgIpc) is 3.30. The Labute approximate surface area is 258 Å². The second-order valence-corrected chi connectivity index (χ2v) is 13.2. The SMILES string of the molecule is NC(=O)C[C@H]1CC[C@H](N2CCC(c3cnc(N4C5CCC4CN(c4cc(-c6ccccc6O)nnc4N)C5)nc3)CC2)CC1. The van der Waals surface area contributed by atoms with Crippen LogP contribution in [0.4, 0.5) is 17.5 Å². The van der Waals surface area contributed by atoms with Crippen LogP contribution in [0.1, 0.15) is 69.3 Å². The third-order valence-corrected chi connectivity index (χ3v) is 10.5. The smallest absolute Gasteiger partial charge is 0.225 e. The summed E-state index contributed by atoms with van der Waals surface area (Å²) in [5.74, 6) is 2.21. The van der Waals surface area contributed by atoms with Gasteiger partial charge in [-0.3, -0.25) is 4.79 Å². The number of phenols is 1. The summed E-state index contributed by atoms with van der Waals surface area (Å²) >= 11 is 0. The van der Waals surface area contributed by atoms with Crippen LogP contribution in [0.15, 0.2) is 42.7 Å². The van der Waals surface area contributed by atoms with Crippen molar-refractivity contribution in [1.29, 1.82) is 0 Å². The predicted molar refractivity (Wildman–Crippen MR) is 170 cm³/mol. The lowest BCUT2D eigenvalue weighted by Crippen LogP contribution is -2.54. The Hall–Kier alpha value is -3.99. The van der Waals surface area contributed by atoms with E-state index >= 15 is 0 Å². The highest BCUT2D eigenvalue weighted by atomic mass is 16.3. The van der Waals surface area contributed by atoms with Gasteiger partial charge in [0.05, 0.1) is 11.4 Å². The molecule has 0 spiro atoms. The summed E-state index contributed by atoms with van der Waals surface area (Å²) in [6, 6.07) is 10.3. The number of nitrogen functional groups attached to an aromatic ring is 1. The first-order chi connectivity index (χ1) is 21.4. The molecule has 5 N–H and O–H groups in total. The van der Waals surface area contributed by atoms with Gasteiger partial charge >= 0.3 is 0 Å². The van der Waals surface area contributed by atoms with E-state index in [-0.39, 0.29) is 11.7 Å². The van der Waals surface area contributed by atoms with Crippen LogP contribution in [0.2, 0.25) is 0 Å². The van der Waals surface area contributed by atoms with Gasteiger partial charge in [-0.1, -0.05) is 12.1 Å². The summed E-state index contributed by atoms with van der Waals surface area (Å²) in [5.41, 5.74) is 15.1. The third kappa shape index (κ3) is 5.77. The van der Waals surface area contributed by atoms with E-state index in [2.05, 4.69) is 37.3 Å². The molecule has 4 aliphatic rings. The minimum Gasteiger partial charge on any atom is -0.507 e.